The molecule has 2 aromatic rings. The van der Waals surface area contributed by atoms with Crippen LogP contribution in [0.2, 0.25) is 0 Å². The molecular weight excluding hydrogens is 275 g/mol. The summed E-state index contributed by atoms with van der Waals surface area (Å²) < 4.78 is 19.6. The lowest BCUT2D eigenvalue weighted by Crippen LogP contribution is -2.33. The van der Waals surface area contributed by atoms with Crippen molar-refractivity contribution in [1.29, 1.82) is 0 Å². The predicted octanol–water partition coefficient (Wildman–Crippen LogP) is -2.13. The maximum absolute atomic E-state index is 13.2. The highest BCUT2D eigenvalue weighted by atomic mass is 19.1. The van der Waals surface area contributed by atoms with Gasteiger partial charge in [0.2, 0.25) is 0 Å². The van der Waals surface area contributed by atoms with Gasteiger partial charge in [-0.15, -0.1) is 0 Å². The van der Waals surface area contributed by atoms with Gasteiger partial charge in [-0.1, -0.05) is 0 Å². The molecule has 1 aliphatic heterocycles. The zero-order valence-corrected chi connectivity index (χ0v) is 9.97. The first-order chi connectivity index (χ1) is 9.52. The number of fused-ring (bicyclic) bond motifs is 1. The summed E-state index contributed by atoms with van der Waals surface area (Å²) in [4.78, 5) is 20.6. The Hall–Kier alpha value is -1.88. The van der Waals surface area contributed by atoms with E-state index in [-0.39, 0.29) is 11.2 Å². The third-order valence-electron chi connectivity index (χ3n) is 3.19. The summed E-state index contributed by atoms with van der Waals surface area (Å²) >= 11 is 0. The number of rotatable bonds is 2. The molecule has 0 radical (unpaired) electrons. The second kappa shape index (κ2) is 4.59. The van der Waals surface area contributed by atoms with Crippen LogP contribution in [0.3, 0.4) is 0 Å². The lowest BCUT2D eigenvalue weighted by Gasteiger charge is -2.16. The fraction of sp³-hybridized carbons (Fsp3) is 0.500. The van der Waals surface area contributed by atoms with E-state index in [2.05, 4.69) is 9.97 Å². The zero-order chi connectivity index (χ0) is 14.4. The maximum atomic E-state index is 13.2. The van der Waals surface area contributed by atoms with Crippen molar-refractivity contribution < 1.29 is 24.4 Å². The first kappa shape index (κ1) is 13.1. The van der Waals surface area contributed by atoms with Crippen LogP contribution in [0, 0.1) is 6.08 Å². The van der Waals surface area contributed by atoms with Crippen molar-refractivity contribution >= 4 is 11.2 Å². The number of ether oxygens (including phenoxy) is 1. The summed E-state index contributed by atoms with van der Waals surface area (Å²) in [6.07, 6.45) is -4.74. The number of nitrogens with one attached hydrogen (secondary N) is 1. The van der Waals surface area contributed by atoms with Crippen LogP contribution in [0.1, 0.15) is 6.23 Å². The molecule has 1 saturated heterocycles. The highest BCUT2D eigenvalue weighted by molar-refractivity contribution is 5.69. The summed E-state index contributed by atoms with van der Waals surface area (Å²) in [5.74, 6) is 0. The molecule has 4 N–H and O–H groups in total. The molecule has 4 atom stereocenters. The van der Waals surface area contributed by atoms with Crippen LogP contribution in [0.25, 0.3) is 11.2 Å². The van der Waals surface area contributed by atoms with Crippen molar-refractivity contribution in [3.8, 4) is 0 Å². The van der Waals surface area contributed by atoms with E-state index < -0.39 is 42.8 Å². The number of H-pyrrole nitrogens is 1. The molecule has 0 spiro atoms. The van der Waals surface area contributed by atoms with Crippen LogP contribution >= 0.6 is 0 Å². The monoisotopic (exact) mass is 286 g/mol. The molecule has 3 rings (SSSR count). The fourth-order valence-electron chi connectivity index (χ4n) is 2.20. The number of aromatic amines is 1. The number of hydrogen-bond acceptors (Lipinski definition) is 7. The minimum atomic E-state index is -1.37. The average molecular weight is 286 g/mol. The van der Waals surface area contributed by atoms with Gasteiger partial charge < -0.3 is 20.1 Å². The number of nitrogens with zero attached hydrogens (tertiary/aromatic N) is 3. The van der Waals surface area contributed by atoms with Gasteiger partial charge in [0, 0.05) is 0 Å². The van der Waals surface area contributed by atoms with E-state index in [0.29, 0.717) is 0 Å². The maximum Gasteiger partial charge on any atom is 0.291 e. The Kier molecular flexibility index (Phi) is 3.01. The number of imidazole rings is 1. The Morgan fingerprint density at radius 2 is 2.20 bits per heavy atom. The first-order valence-corrected chi connectivity index (χ1v) is 5.77. The molecule has 3 heterocycles. The zero-order valence-electron chi connectivity index (χ0n) is 9.97. The van der Waals surface area contributed by atoms with Crippen molar-refractivity contribution in [1.82, 2.24) is 19.5 Å². The molecule has 9 nitrogen and oxygen atoms in total. The van der Waals surface area contributed by atoms with Crippen LogP contribution < -0.4 is 5.56 Å². The molecule has 1 fully saturated rings. The highest BCUT2D eigenvalue weighted by Crippen LogP contribution is 2.30. The molecule has 0 bridgehead atoms. The van der Waals surface area contributed by atoms with Crippen LogP contribution in [0.15, 0.2) is 11.1 Å². The Morgan fingerprint density at radius 1 is 1.45 bits per heavy atom. The minimum absolute atomic E-state index is 0.121. The topological polar surface area (TPSA) is 133 Å². The quantitative estimate of drug-likeness (QED) is 0.463. The molecular formula is C10H11FN4O5. The number of aliphatic hydroxyl groups is 3. The van der Waals surface area contributed by atoms with Crippen molar-refractivity contribution in [2.75, 3.05) is 6.61 Å². The van der Waals surface area contributed by atoms with Gasteiger partial charge in [-0.2, -0.15) is 9.37 Å². The van der Waals surface area contributed by atoms with Gasteiger partial charge in [0.1, 0.15) is 18.3 Å². The van der Waals surface area contributed by atoms with Gasteiger partial charge in [-0.3, -0.25) is 14.3 Å². The van der Waals surface area contributed by atoms with Crippen molar-refractivity contribution in [2.45, 2.75) is 24.5 Å². The summed E-state index contributed by atoms with van der Waals surface area (Å²) in [6.45, 7) is -0.496. The van der Waals surface area contributed by atoms with Crippen LogP contribution in [-0.2, 0) is 4.74 Å². The van der Waals surface area contributed by atoms with E-state index in [4.69, 9.17) is 9.84 Å². The molecule has 0 amide bonds. The van der Waals surface area contributed by atoms with E-state index >= 15 is 0 Å². The molecule has 20 heavy (non-hydrogen) atoms. The summed E-state index contributed by atoms with van der Waals surface area (Å²) in [5.41, 5.74) is -1.01. The van der Waals surface area contributed by atoms with Gasteiger partial charge in [0.15, 0.2) is 17.4 Å². The van der Waals surface area contributed by atoms with Gasteiger partial charge in [-0.05, 0) is 0 Å². The molecule has 0 unspecified atom stereocenters. The first-order valence-electron chi connectivity index (χ1n) is 5.77. The minimum Gasteiger partial charge on any atom is -0.394 e. The summed E-state index contributed by atoms with van der Waals surface area (Å²) in [6, 6.07) is 0. The number of hydrogen-bond donors (Lipinski definition) is 4. The number of aromatic nitrogens is 4. The Bertz CT molecular complexity index is 701. The van der Waals surface area contributed by atoms with Crippen LogP contribution in [-0.4, -0.2) is 59.8 Å². The third-order valence-corrected chi connectivity index (χ3v) is 3.19. The second-order valence-electron chi connectivity index (χ2n) is 4.41. The Labute approximate surface area is 110 Å². The Balaban J connectivity index is 2.09. The third kappa shape index (κ3) is 1.81. The fourth-order valence-corrected chi connectivity index (χ4v) is 2.20. The van der Waals surface area contributed by atoms with Crippen molar-refractivity contribution in [3.63, 3.8) is 0 Å². The van der Waals surface area contributed by atoms with E-state index in [9.17, 15) is 19.4 Å². The highest BCUT2D eigenvalue weighted by Gasteiger charge is 2.44. The predicted molar refractivity (Wildman–Crippen MR) is 61.1 cm³/mol. The van der Waals surface area contributed by atoms with E-state index in [0.717, 1.165) is 10.9 Å². The smallest absolute Gasteiger partial charge is 0.291 e. The van der Waals surface area contributed by atoms with Gasteiger partial charge in [0.05, 0.1) is 12.9 Å². The second-order valence-corrected chi connectivity index (χ2v) is 4.41. The van der Waals surface area contributed by atoms with Gasteiger partial charge >= 0.3 is 0 Å². The average Bonchev–Trinajstić information content (AvgIpc) is 2.93. The van der Waals surface area contributed by atoms with Crippen molar-refractivity contribution in [3.05, 3.63) is 22.8 Å². The van der Waals surface area contributed by atoms with Gasteiger partial charge in [0.25, 0.3) is 11.6 Å². The lowest BCUT2D eigenvalue weighted by atomic mass is 10.1. The molecule has 0 aliphatic carbocycles. The largest absolute Gasteiger partial charge is 0.394 e. The molecule has 2 aromatic heterocycles. The Morgan fingerprint density at radius 3 is 2.85 bits per heavy atom. The normalized spacial score (nSPS) is 30.2. The number of aliphatic hydroxyl groups excluding tert-OH is 3. The molecule has 1 aliphatic rings. The molecule has 0 saturated carbocycles. The van der Waals surface area contributed by atoms with E-state index in [1.54, 1.807) is 0 Å². The summed E-state index contributed by atoms with van der Waals surface area (Å²) in [7, 11) is 0. The van der Waals surface area contributed by atoms with Crippen LogP contribution in [0.5, 0.6) is 0 Å². The van der Waals surface area contributed by atoms with E-state index in [1.165, 1.54) is 0 Å². The lowest BCUT2D eigenvalue weighted by molar-refractivity contribution is -0.0511. The molecule has 10 heteroatoms. The standard InChI is InChI=1S/C10H11FN4O5/c11-10-13-7-4(8(19)14-10)12-2-15(7)9-6(18)5(17)3(1-16)20-9/h2-3,5-6,9,16-18H,1H2,(H,13,14,19)/t3-,5+,6-,9+/m0/s1. The summed E-state index contributed by atoms with van der Waals surface area (Å²) in [5, 5.41) is 28.6. The molecule has 0 aromatic carbocycles. The number of halogens is 1. The SMILES string of the molecule is O=c1[nH]c(F)nc2c1ncn2[C@@H]1O[C@@H](CO)[C@@H](O)[C@@H]1O. The van der Waals surface area contributed by atoms with Gasteiger partial charge in [-0.25, -0.2) is 4.98 Å². The molecule has 108 valence electrons. The van der Waals surface area contributed by atoms with Crippen LogP contribution in [0.4, 0.5) is 4.39 Å². The van der Waals surface area contributed by atoms with Crippen molar-refractivity contribution in [2.24, 2.45) is 0 Å². The van der Waals surface area contributed by atoms with E-state index in [1.807, 2.05) is 4.98 Å².